The average molecular weight is 279 g/mol. The highest BCUT2D eigenvalue weighted by Gasteiger charge is 2.08. The lowest BCUT2D eigenvalue weighted by Crippen LogP contribution is -1.91. The summed E-state index contributed by atoms with van der Waals surface area (Å²) in [6.07, 6.45) is 0. The van der Waals surface area contributed by atoms with E-state index in [9.17, 15) is 4.39 Å². The van der Waals surface area contributed by atoms with E-state index in [1.165, 1.54) is 12.1 Å². The molecule has 0 atom stereocenters. The van der Waals surface area contributed by atoms with Gasteiger partial charge in [-0.3, -0.25) is 0 Å². The van der Waals surface area contributed by atoms with Crippen LogP contribution in [0.5, 0.6) is 11.5 Å². The van der Waals surface area contributed by atoms with Crippen LogP contribution >= 0.6 is 0 Å². The third kappa shape index (κ3) is 3.03. The number of hydrogen-bond donors (Lipinski definition) is 1. The molecule has 0 bridgehead atoms. The summed E-state index contributed by atoms with van der Waals surface area (Å²) in [5.41, 5.74) is 8.21. The fraction of sp³-hybridized carbons (Fsp3) is 0. The van der Waals surface area contributed by atoms with Gasteiger partial charge < -0.3 is 10.5 Å². The van der Waals surface area contributed by atoms with Crippen LogP contribution in [-0.2, 0) is 0 Å². The first-order valence-corrected chi connectivity index (χ1v) is 6.61. The second kappa shape index (κ2) is 5.67. The third-order valence-electron chi connectivity index (χ3n) is 3.13. The minimum absolute atomic E-state index is 0.264. The van der Waals surface area contributed by atoms with E-state index in [-0.39, 0.29) is 5.82 Å². The van der Waals surface area contributed by atoms with Crippen LogP contribution in [-0.4, -0.2) is 0 Å². The number of halogens is 1. The second-order valence-corrected chi connectivity index (χ2v) is 4.68. The Morgan fingerprint density at radius 2 is 1.52 bits per heavy atom. The van der Waals surface area contributed by atoms with Crippen LogP contribution in [0.2, 0.25) is 0 Å². The molecule has 3 heteroatoms. The number of nitrogens with two attached hydrogens (primary N) is 1. The van der Waals surface area contributed by atoms with Crippen molar-refractivity contribution >= 4 is 5.69 Å². The Labute approximate surface area is 122 Å². The van der Waals surface area contributed by atoms with Crippen molar-refractivity contribution in [2.24, 2.45) is 0 Å². The van der Waals surface area contributed by atoms with Gasteiger partial charge in [0.05, 0.1) is 0 Å². The van der Waals surface area contributed by atoms with Crippen molar-refractivity contribution in [1.29, 1.82) is 0 Å². The van der Waals surface area contributed by atoms with Crippen molar-refractivity contribution in [2.45, 2.75) is 0 Å². The largest absolute Gasteiger partial charge is 0.457 e. The van der Waals surface area contributed by atoms with Crippen molar-refractivity contribution in [3.05, 3.63) is 78.6 Å². The quantitative estimate of drug-likeness (QED) is 0.694. The number of anilines is 1. The van der Waals surface area contributed by atoms with Gasteiger partial charge in [-0.2, -0.15) is 0 Å². The highest BCUT2D eigenvalue weighted by molar-refractivity contribution is 5.73. The van der Waals surface area contributed by atoms with Gasteiger partial charge in [0.2, 0.25) is 0 Å². The van der Waals surface area contributed by atoms with Crippen molar-refractivity contribution < 1.29 is 9.13 Å². The number of hydrogen-bond acceptors (Lipinski definition) is 2. The molecule has 0 aliphatic carbocycles. The monoisotopic (exact) mass is 279 g/mol. The van der Waals surface area contributed by atoms with Crippen LogP contribution in [0.25, 0.3) is 11.1 Å². The number of ether oxygens (including phenoxy) is 1. The highest BCUT2D eigenvalue weighted by atomic mass is 19.1. The summed E-state index contributed by atoms with van der Waals surface area (Å²) in [6.45, 7) is 0. The van der Waals surface area contributed by atoms with Gasteiger partial charge in [-0.1, -0.05) is 30.3 Å². The minimum atomic E-state index is -0.264. The molecule has 0 aromatic heterocycles. The van der Waals surface area contributed by atoms with E-state index in [4.69, 9.17) is 10.5 Å². The Balaban J connectivity index is 2.03. The molecule has 0 aliphatic heterocycles. The van der Waals surface area contributed by atoms with Crippen molar-refractivity contribution in [3.8, 4) is 22.6 Å². The van der Waals surface area contributed by atoms with E-state index >= 15 is 0 Å². The smallest absolute Gasteiger partial charge is 0.137 e. The van der Waals surface area contributed by atoms with Crippen LogP contribution in [0.4, 0.5) is 10.1 Å². The number of rotatable bonds is 3. The molecule has 0 spiro atoms. The zero-order valence-corrected chi connectivity index (χ0v) is 11.3. The third-order valence-corrected chi connectivity index (χ3v) is 3.13. The van der Waals surface area contributed by atoms with E-state index in [0.717, 1.165) is 16.9 Å². The van der Waals surface area contributed by atoms with Crippen LogP contribution in [0.15, 0.2) is 72.8 Å². The van der Waals surface area contributed by atoms with Gasteiger partial charge in [-0.25, -0.2) is 4.39 Å². The van der Waals surface area contributed by atoms with Gasteiger partial charge in [0.25, 0.3) is 0 Å². The zero-order valence-electron chi connectivity index (χ0n) is 11.3. The van der Waals surface area contributed by atoms with Crippen LogP contribution in [0.1, 0.15) is 0 Å². The van der Waals surface area contributed by atoms with E-state index in [1.807, 2.05) is 36.4 Å². The molecule has 3 aromatic rings. The molecule has 0 fully saturated rings. The molecular weight excluding hydrogens is 265 g/mol. The summed E-state index contributed by atoms with van der Waals surface area (Å²) in [6, 6.07) is 21.2. The Bertz CT molecular complexity index is 739. The predicted molar refractivity (Wildman–Crippen MR) is 82.8 cm³/mol. The Morgan fingerprint density at radius 1 is 0.810 bits per heavy atom. The maximum Gasteiger partial charge on any atom is 0.137 e. The summed E-state index contributed by atoms with van der Waals surface area (Å²) >= 11 is 0. The Morgan fingerprint density at radius 3 is 2.24 bits per heavy atom. The lowest BCUT2D eigenvalue weighted by molar-refractivity contribution is 0.485. The molecule has 0 amide bonds. The highest BCUT2D eigenvalue weighted by Crippen LogP contribution is 2.34. The molecule has 2 N–H and O–H groups in total. The summed E-state index contributed by atoms with van der Waals surface area (Å²) in [7, 11) is 0. The molecule has 0 saturated carbocycles. The van der Waals surface area contributed by atoms with Gasteiger partial charge in [0.15, 0.2) is 0 Å². The van der Waals surface area contributed by atoms with Crippen molar-refractivity contribution in [3.63, 3.8) is 0 Å². The van der Waals surface area contributed by atoms with Gasteiger partial charge in [-0.15, -0.1) is 0 Å². The van der Waals surface area contributed by atoms with E-state index in [0.29, 0.717) is 11.4 Å². The lowest BCUT2D eigenvalue weighted by Gasteiger charge is -2.12. The van der Waals surface area contributed by atoms with Crippen LogP contribution in [0, 0.1) is 5.82 Å². The minimum Gasteiger partial charge on any atom is -0.457 e. The maximum atomic E-state index is 13.1. The summed E-state index contributed by atoms with van der Waals surface area (Å²) < 4.78 is 19.0. The van der Waals surface area contributed by atoms with Gasteiger partial charge in [-0.05, 0) is 42.0 Å². The molecule has 2 nitrogen and oxygen atoms in total. The average Bonchev–Trinajstić information content (AvgIpc) is 2.50. The number of para-hydroxylation sites is 1. The molecule has 104 valence electrons. The molecule has 0 aliphatic rings. The Kier molecular flexibility index (Phi) is 3.56. The second-order valence-electron chi connectivity index (χ2n) is 4.68. The normalized spacial score (nSPS) is 10.3. The zero-order chi connectivity index (χ0) is 14.7. The molecule has 21 heavy (non-hydrogen) atoms. The molecule has 3 aromatic carbocycles. The van der Waals surface area contributed by atoms with Gasteiger partial charge >= 0.3 is 0 Å². The summed E-state index contributed by atoms with van der Waals surface area (Å²) in [5, 5.41) is 0. The topological polar surface area (TPSA) is 35.2 Å². The van der Waals surface area contributed by atoms with E-state index in [1.54, 1.807) is 24.3 Å². The fourth-order valence-corrected chi connectivity index (χ4v) is 2.11. The molecule has 0 saturated heterocycles. The first-order valence-electron chi connectivity index (χ1n) is 6.61. The van der Waals surface area contributed by atoms with Crippen LogP contribution in [0.3, 0.4) is 0 Å². The van der Waals surface area contributed by atoms with E-state index < -0.39 is 0 Å². The van der Waals surface area contributed by atoms with Crippen molar-refractivity contribution in [2.75, 3.05) is 5.73 Å². The predicted octanol–water partition coefficient (Wildman–Crippen LogP) is 4.87. The summed E-state index contributed by atoms with van der Waals surface area (Å²) in [5.74, 6) is 1.11. The van der Waals surface area contributed by atoms with Crippen LogP contribution < -0.4 is 10.5 Å². The molecule has 0 heterocycles. The fourth-order valence-electron chi connectivity index (χ4n) is 2.11. The number of benzene rings is 3. The van der Waals surface area contributed by atoms with Gasteiger partial charge in [0, 0.05) is 17.3 Å². The SMILES string of the molecule is Nc1ccc(-c2ccc(F)cc2)c(Oc2ccccc2)c1. The first kappa shape index (κ1) is 13.2. The maximum absolute atomic E-state index is 13.1. The van der Waals surface area contributed by atoms with E-state index in [2.05, 4.69) is 0 Å². The van der Waals surface area contributed by atoms with Crippen molar-refractivity contribution in [1.82, 2.24) is 0 Å². The lowest BCUT2D eigenvalue weighted by atomic mass is 10.0. The summed E-state index contributed by atoms with van der Waals surface area (Å²) in [4.78, 5) is 0. The molecule has 3 rings (SSSR count). The molecular formula is C18H14FNO. The van der Waals surface area contributed by atoms with Gasteiger partial charge in [0.1, 0.15) is 17.3 Å². The first-order chi connectivity index (χ1) is 10.2. The standard InChI is InChI=1S/C18H14FNO/c19-14-8-6-13(7-9-14)17-11-10-15(20)12-18(17)21-16-4-2-1-3-5-16/h1-12H,20H2. The molecule has 0 radical (unpaired) electrons. The number of nitrogen functional groups attached to an aromatic ring is 1. The Hall–Kier alpha value is -2.81. The molecule has 0 unspecified atom stereocenters.